The number of benzene rings is 2. The first-order valence-corrected chi connectivity index (χ1v) is 6.61. The summed E-state index contributed by atoms with van der Waals surface area (Å²) in [5.74, 6) is 0. The summed E-state index contributed by atoms with van der Waals surface area (Å²) in [6.07, 6.45) is 0. The van der Waals surface area contributed by atoms with Gasteiger partial charge < -0.3 is 9.30 Å². The lowest BCUT2D eigenvalue weighted by Crippen LogP contribution is -2.03. The van der Waals surface area contributed by atoms with Crippen molar-refractivity contribution in [1.29, 1.82) is 0 Å². The van der Waals surface area contributed by atoms with Gasteiger partial charge in [0.1, 0.15) is 6.73 Å². The van der Waals surface area contributed by atoms with E-state index in [0.717, 1.165) is 6.61 Å². The van der Waals surface area contributed by atoms with Crippen molar-refractivity contribution in [2.45, 2.75) is 13.7 Å². The molecule has 2 heteroatoms. The van der Waals surface area contributed by atoms with Crippen LogP contribution in [0.25, 0.3) is 22.2 Å². The van der Waals surface area contributed by atoms with Crippen LogP contribution in [0.5, 0.6) is 0 Å². The lowest BCUT2D eigenvalue weighted by Gasteiger charge is -2.10. The topological polar surface area (TPSA) is 14.2 Å². The molecule has 2 nitrogen and oxygen atoms in total. The first-order chi connectivity index (χ1) is 9.40. The summed E-state index contributed by atoms with van der Waals surface area (Å²) in [4.78, 5) is 0. The van der Waals surface area contributed by atoms with Crippen molar-refractivity contribution in [2.24, 2.45) is 0 Å². The maximum absolute atomic E-state index is 5.61. The molecule has 0 aliphatic heterocycles. The Bertz CT molecular complexity index is 670. The molecule has 0 saturated carbocycles. The van der Waals surface area contributed by atoms with Crippen LogP contribution >= 0.6 is 0 Å². The number of aromatic nitrogens is 1. The van der Waals surface area contributed by atoms with E-state index in [1.165, 1.54) is 22.2 Å². The van der Waals surface area contributed by atoms with Gasteiger partial charge in [-0.15, -0.1) is 0 Å². The molecule has 0 N–H and O–H groups in total. The largest absolute Gasteiger partial charge is 0.361 e. The molecule has 0 aliphatic rings. The Kier molecular flexibility index (Phi) is 3.34. The average Bonchev–Trinajstić information content (AvgIpc) is 2.85. The molecule has 0 aliphatic carbocycles. The van der Waals surface area contributed by atoms with Crippen molar-refractivity contribution in [3.63, 3.8) is 0 Å². The van der Waals surface area contributed by atoms with Crippen molar-refractivity contribution >= 4 is 10.9 Å². The van der Waals surface area contributed by atoms with Gasteiger partial charge >= 0.3 is 0 Å². The minimum atomic E-state index is 0.592. The van der Waals surface area contributed by atoms with Gasteiger partial charge in [0.05, 0.1) is 11.2 Å². The highest BCUT2D eigenvalue weighted by Gasteiger charge is 2.09. The fourth-order valence-corrected chi connectivity index (χ4v) is 2.38. The van der Waals surface area contributed by atoms with Crippen LogP contribution in [-0.4, -0.2) is 11.2 Å². The van der Waals surface area contributed by atoms with Gasteiger partial charge in [-0.1, -0.05) is 48.5 Å². The lowest BCUT2D eigenvalue weighted by molar-refractivity contribution is 0.0919. The van der Waals surface area contributed by atoms with Crippen LogP contribution in [0.2, 0.25) is 0 Å². The molecule has 0 amide bonds. The summed E-state index contributed by atoms with van der Waals surface area (Å²) in [7, 11) is 0. The van der Waals surface area contributed by atoms with Gasteiger partial charge in [-0.3, -0.25) is 0 Å². The molecule has 1 heterocycles. The second kappa shape index (κ2) is 5.29. The van der Waals surface area contributed by atoms with Crippen LogP contribution < -0.4 is 0 Å². The van der Waals surface area contributed by atoms with Crippen molar-refractivity contribution in [3.05, 3.63) is 60.7 Å². The van der Waals surface area contributed by atoms with Gasteiger partial charge in [0.25, 0.3) is 0 Å². The van der Waals surface area contributed by atoms with E-state index in [2.05, 4.69) is 59.2 Å². The predicted octanol–water partition coefficient (Wildman–Crippen LogP) is 4.30. The van der Waals surface area contributed by atoms with E-state index >= 15 is 0 Å². The zero-order chi connectivity index (χ0) is 13.1. The second-order valence-corrected chi connectivity index (χ2v) is 4.50. The zero-order valence-corrected chi connectivity index (χ0v) is 11.0. The van der Waals surface area contributed by atoms with E-state index in [0.29, 0.717) is 6.73 Å². The third-order valence-electron chi connectivity index (χ3n) is 3.30. The Morgan fingerprint density at radius 2 is 1.68 bits per heavy atom. The summed E-state index contributed by atoms with van der Waals surface area (Å²) >= 11 is 0. The Morgan fingerprint density at radius 1 is 0.947 bits per heavy atom. The number of ether oxygens (including phenoxy) is 1. The number of hydrogen-bond acceptors (Lipinski definition) is 1. The van der Waals surface area contributed by atoms with Gasteiger partial charge in [-0.05, 0) is 24.6 Å². The van der Waals surface area contributed by atoms with Crippen molar-refractivity contribution in [2.75, 3.05) is 6.61 Å². The van der Waals surface area contributed by atoms with Crippen LogP contribution in [0.3, 0.4) is 0 Å². The summed E-state index contributed by atoms with van der Waals surface area (Å²) in [6, 6.07) is 21.1. The van der Waals surface area contributed by atoms with E-state index in [1.807, 2.05) is 13.0 Å². The van der Waals surface area contributed by atoms with Crippen molar-refractivity contribution < 1.29 is 4.74 Å². The smallest absolute Gasteiger partial charge is 0.123 e. The molecule has 0 unspecified atom stereocenters. The minimum absolute atomic E-state index is 0.592. The maximum Gasteiger partial charge on any atom is 0.123 e. The molecule has 0 fully saturated rings. The molecule has 96 valence electrons. The van der Waals surface area contributed by atoms with Crippen LogP contribution in [0.1, 0.15) is 6.92 Å². The molecule has 19 heavy (non-hydrogen) atoms. The van der Waals surface area contributed by atoms with E-state index in [9.17, 15) is 0 Å². The highest BCUT2D eigenvalue weighted by atomic mass is 16.5. The van der Waals surface area contributed by atoms with E-state index in [4.69, 9.17) is 4.74 Å². The average molecular weight is 251 g/mol. The molecule has 3 rings (SSSR count). The van der Waals surface area contributed by atoms with E-state index in [1.54, 1.807) is 0 Å². The molecule has 0 radical (unpaired) electrons. The van der Waals surface area contributed by atoms with Crippen LogP contribution in [0.4, 0.5) is 0 Å². The Morgan fingerprint density at radius 3 is 2.47 bits per heavy atom. The second-order valence-electron chi connectivity index (χ2n) is 4.50. The fraction of sp³-hybridized carbons (Fsp3) is 0.176. The van der Waals surface area contributed by atoms with Gasteiger partial charge in [0.2, 0.25) is 0 Å². The highest BCUT2D eigenvalue weighted by molar-refractivity contribution is 5.86. The molecule has 0 bridgehead atoms. The van der Waals surface area contributed by atoms with Gasteiger partial charge in [-0.2, -0.15) is 0 Å². The quantitative estimate of drug-likeness (QED) is 0.674. The maximum atomic E-state index is 5.61. The number of fused-ring (bicyclic) bond motifs is 1. The molecular formula is C17H17NO. The number of nitrogens with zero attached hydrogens (tertiary/aromatic N) is 1. The highest BCUT2D eigenvalue weighted by Crippen LogP contribution is 2.28. The van der Waals surface area contributed by atoms with E-state index in [-0.39, 0.29) is 0 Å². The molecule has 2 aromatic carbocycles. The minimum Gasteiger partial charge on any atom is -0.361 e. The predicted molar refractivity (Wildman–Crippen MR) is 79.0 cm³/mol. The monoisotopic (exact) mass is 251 g/mol. The number of rotatable bonds is 4. The molecule has 0 atom stereocenters. The first-order valence-electron chi connectivity index (χ1n) is 6.61. The summed E-state index contributed by atoms with van der Waals surface area (Å²) in [5.41, 5.74) is 3.64. The third-order valence-corrected chi connectivity index (χ3v) is 3.30. The first kappa shape index (κ1) is 12.0. The van der Waals surface area contributed by atoms with Crippen LogP contribution in [-0.2, 0) is 11.5 Å². The summed E-state index contributed by atoms with van der Waals surface area (Å²) in [6.45, 7) is 3.34. The van der Waals surface area contributed by atoms with Gasteiger partial charge in [0.15, 0.2) is 0 Å². The zero-order valence-electron chi connectivity index (χ0n) is 11.0. The summed E-state index contributed by atoms with van der Waals surface area (Å²) < 4.78 is 7.84. The molecule has 0 spiro atoms. The van der Waals surface area contributed by atoms with Crippen molar-refractivity contribution in [3.8, 4) is 11.3 Å². The standard InChI is InChI=1S/C17H17NO/c1-2-19-13-18-16-11-7-6-10-15(16)12-17(18)14-8-4-3-5-9-14/h3-12H,2,13H2,1H3. The normalized spacial score (nSPS) is 11.0. The Labute approximate surface area is 113 Å². The van der Waals surface area contributed by atoms with Crippen LogP contribution in [0, 0.1) is 0 Å². The fourth-order valence-electron chi connectivity index (χ4n) is 2.38. The molecule has 0 saturated heterocycles. The van der Waals surface area contributed by atoms with Crippen molar-refractivity contribution in [1.82, 2.24) is 4.57 Å². The number of hydrogen-bond donors (Lipinski definition) is 0. The Balaban J connectivity index is 2.17. The SMILES string of the molecule is CCOCn1c(-c2ccccc2)cc2ccccc21. The van der Waals surface area contributed by atoms with Gasteiger partial charge in [0, 0.05) is 12.0 Å². The van der Waals surface area contributed by atoms with E-state index < -0.39 is 0 Å². The molecule has 1 aromatic heterocycles. The molecule has 3 aromatic rings. The molecular weight excluding hydrogens is 234 g/mol. The Hall–Kier alpha value is -2.06. The third kappa shape index (κ3) is 2.27. The summed E-state index contributed by atoms with van der Waals surface area (Å²) in [5, 5.41) is 1.25. The lowest BCUT2D eigenvalue weighted by atomic mass is 10.1. The number of para-hydroxylation sites is 1. The van der Waals surface area contributed by atoms with Gasteiger partial charge in [-0.25, -0.2) is 0 Å². The van der Waals surface area contributed by atoms with Crippen LogP contribution in [0.15, 0.2) is 60.7 Å².